The maximum atomic E-state index is 10.4. The van der Waals surface area contributed by atoms with Gasteiger partial charge in [-0.05, 0) is 31.0 Å². The van der Waals surface area contributed by atoms with E-state index in [1.54, 1.807) is 24.9 Å². The zero-order chi connectivity index (χ0) is 20.9. The van der Waals surface area contributed by atoms with Gasteiger partial charge in [0.1, 0.15) is 5.82 Å². The van der Waals surface area contributed by atoms with Crippen molar-refractivity contribution in [3.63, 3.8) is 0 Å². The molecule has 4 rings (SSSR count). The second-order valence-electron chi connectivity index (χ2n) is 7.72. The zero-order valence-corrected chi connectivity index (χ0v) is 18.3. The van der Waals surface area contributed by atoms with E-state index in [0.29, 0.717) is 18.2 Å². The lowest BCUT2D eigenvalue weighted by Gasteiger charge is -2.32. The van der Waals surface area contributed by atoms with Crippen molar-refractivity contribution in [1.82, 2.24) is 19.7 Å². The first kappa shape index (κ1) is 20.8. The quantitative estimate of drug-likeness (QED) is 0.574. The minimum absolute atomic E-state index is 0.236. The van der Waals surface area contributed by atoms with E-state index >= 15 is 0 Å². The number of phenolic OH excluding ortho intramolecular Hbond substituents is 1. The Morgan fingerprint density at radius 2 is 1.97 bits per heavy atom. The number of hydrogen-bond donors (Lipinski definition) is 1. The molecule has 1 atom stereocenters. The molecule has 0 radical (unpaired) electrons. The summed E-state index contributed by atoms with van der Waals surface area (Å²) in [5.41, 5.74) is 2.18. The van der Waals surface area contributed by atoms with Gasteiger partial charge in [-0.15, -0.1) is 10.2 Å². The summed E-state index contributed by atoms with van der Waals surface area (Å²) < 4.78 is 7.39. The summed E-state index contributed by atoms with van der Waals surface area (Å²) in [5.74, 6) is 3.04. The van der Waals surface area contributed by atoms with Crippen LogP contribution in [-0.4, -0.2) is 45.0 Å². The average Bonchev–Trinajstić information content (AvgIpc) is 3.15. The number of benzene rings is 2. The Labute approximate surface area is 181 Å². The van der Waals surface area contributed by atoms with Crippen LogP contribution in [0.3, 0.4) is 0 Å². The summed E-state index contributed by atoms with van der Waals surface area (Å²) in [7, 11) is 3.65. The average molecular weight is 425 g/mol. The lowest BCUT2D eigenvalue weighted by atomic mass is 9.96. The molecule has 1 saturated heterocycles. The molecule has 3 aromatic rings. The molecule has 0 bridgehead atoms. The standard InChI is InChI=1S/C23H28N4O2S/c1-26-22(24-25-23(26)30-16-17-8-4-3-5-9-17)19-11-7-13-27(15-19)14-18-10-6-12-20(29-2)21(18)28/h3-6,8-10,12,19,28H,7,11,13-16H2,1-2H3/t19-/m0/s1. The van der Waals surface area contributed by atoms with Gasteiger partial charge in [0.2, 0.25) is 0 Å². The number of para-hydroxylation sites is 1. The first-order valence-electron chi connectivity index (χ1n) is 10.3. The number of likely N-dealkylation sites (tertiary alicyclic amines) is 1. The molecular weight excluding hydrogens is 396 g/mol. The van der Waals surface area contributed by atoms with Crippen molar-refractivity contribution in [3.05, 3.63) is 65.5 Å². The second-order valence-corrected chi connectivity index (χ2v) is 8.66. The van der Waals surface area contributed by atoms with Crippen molar-refractivity contribution in [1.29, 1.82) is 0 Å². The van der Waals surface area contributed by atoms with E-state index < -0.39 is 0 Å². The Morgan fingerprint density at radius 1 is 1.13 bits per heavy atom. The Balaban J connectivity index is 1.42. The van der Waals surface area contributed by atoms with Crippen LogP contribution < -0.4 is 4.74 Å². The Hall–Kier alpha value is -2.51. The van der Waals surface area contributed by atoms with Gasteiger partial charge in [0.25, 0.3) is 0 Å². The zero-order valence-electron chi connectivity index (χ0n) is 17.5. The molecule has 1 aliphatic heterocycles. The second kappa shape index (κ2) is 9.53. The largest absolute Gasteiger partial charge is 0.504 e. The van der Waals surface area contributed by atoms with Crippen molar-refractivity contribution in [2.24, 2.45) is 7.05 Å². The maximum absolute atomic E-state index is 10.4. The molecule has 1 N–H and O–H groups in total. The van der Waals surface area contributed by atoms with E-state index in [2.05, 4.69) is 51.0 Å². The summed E-state index contributed by atoms with van der Waals surface area (Å²) in [4.78, 5) is 2.38. The predicted molar refractivity (Wildman–Crippen MR) is 119 cm³/mol. The van der Waals surface area contributed by atoms with Gasteiger partial charge in [-0.1, -0.05) is 54.2 Å². The van der Waals surface area contributed by atoms with E-state index in [0.717, 1.165) is 48.2 Å². The summed E-state index contributed by atoms with van der Waals surface area (Å²) in [5, 5.41) is 20.4. The molecule has 2 aromatic carbocycles. The van der Waals surface area contributed by atoms with E-state index in [1.807, 2.05) is 18.2 Å². The number of ether oxygens (including phenoxy) is 1. The Kier molecular flexibility index (Phi) is 6.59. The van der Waals surface area contributed by atoms with Crippen LogP contribution in [0.5, 0.6) is 11.5 Å². The molecule has 6 nitrogen and oxygen atoms in total. The van der Waals surface area contributed by atoms with Crippen molar-refractivity contribution < 1.29 is 9.84 Å². The van der Waals surface area contributed by atoms with Crippen molar-refractivity contribution >= 4 is 11.8 Å². The number of aromatic nitrogens is 3. The van der Waals surface area contributed by atoms with Crippen LogP contribution in [0.2, 0.25) is 0 Å². The molecule has 1 fully saturated rings. The molecule has 158 valence electrons. The molecule has 7 heteroatoms. The SMILES string of the molecule is COc1cccc(CN2CCC[C@H](c3nnc(SCc4ccccc4)n3C)C2)c1O. The molecule has 0 amide bonds. The highest BCUT2D eigenvalue weighted by molar-refractivity contribution is 7.98. The molecule has 0 saturated carbocycles. The molecule has 0 unspecified atom stereocenters. The predicted octanol–water partition coefficient (Wildman–Crippen LogP) is 4.20. The highest BCUT2D eigenvalue weighted by Crippen LogP contribution is 2.33. The van der Waals surface area contributed by atoms with Gasteiger partial charge in [0.15, 0.2) is 16.7 Å². The third-order valence-electron chi connectivity index (χ3n) is 5.65. The monoisotopic (exact) mass is 424 g/mol. The lowest BCUT2D eigenvalue weighted by Crippen LogP contribution is -2.34. The van der Waals surface area contributed by atoms with E-state index in [-0.39, 0.29) is 5.75 Å². The van der Waals surface area contributed by atoms with Crippen LogP contribution in [0.4, 0.5) is 0 Å². The van der Waals surface area contributed by atoms with Gasteiger partial charge in [-0.3, -0.25) is 4.90 Å². The molecular formula is C23H28N4O2S. The van der Waals surface area contributed by atoms with Crippen molar-refractivity contribution in [2.45, 2.75) is 36.2 Å². The number of piperidine rings is 1. The fourth-order valence-electron chi connectivity index (χ4n) is 4.04. The molecule has 0 aliphatic carbocycles. The van der Waals surface area contributed by atoms with Gasteiger partial charge in [-0.25, -0.2) is 0 Å². The fraction of sp³-hybridized carbons (Fsp3) is 0.391. The number of nitrogens with zero attached hydrogens (tertiary/aromatic N) is 4. The summed E-state index contributed by atoms with van der Waals surface area (Å²) in [6.07, 6.45) is 2.21. The highest BCUT2D eigenvalue weighted by Gasteiger charge is 2.26. The number of thioether (sulfide) groups is 1. The third-order valence-corrected chi connectivity index (χ3v) is 6.74. The third kappa shape index (κ3) is 4.63. The Morgan fingerprint density at radius 3 is 2.77 bits per heavy atom. The number of hydrogen-bond acceptors (Lipinski definition) is 6. The minimum atomic E-state index is 0.236. The van der Waals surface area contributed by atoms with Gasteiger partial charge in [0.05, 0.1) is 7.11 Å². The number of rotatable bonds is 7. The highest BCUT2D eigenvalue weighted by atomic mass is 32.2. The smallest absolute Gasteiger partial charge is 0.191 e. The first-order valence-corrected chi connectivity index (χ1v) is 11.3. The number of phenols is 1. The van der Waals surface area contributed by atoms with Gasteiger partial charge < -0.3 is 14.4 Å². The minimum Gasteiger partial charge on any atom is -0.504 e. The molecule has 1 aliphatic rings. The fourth-order valence-corrected chi connectivity index (χ4v) is 4.91. The summed E-state index contributed by atoms with van der Waals surface area (Å²) in [6.45, 7) is 2.62. The topological polar surface area (TPSA) is 63.4 Å². The van der Waals surface area contributed by atoms with Gasteiger partial charge >= 0.3 is 0 Å². The first-order chi connectivity index (χ1) is 14.7. The molecule has 2 heterocycles. The van der Waals surface area contributed by atoms with E-state index in [1.165, 1.54) is 5.56 Å². The van der Waals surface area contributed by atoms with Crippen LogP contribution in [0.15, 0.2) is 53.7 Å². The van der Waals surface area contributed by atoms with Gasteiger partial charge in [0, 0.05) is 37.4 Å². The van der Waals surface area contributed by atoms with Crippen LogP contribution in [0, 0.1) is 0 Å². The summed E-state index contributed by atoms with van der Waals surface area (Å²) >= 11 is 1.72. The van der Waals surface area contributed by atoms with Gasteiger partial charge in [-0.2, -0.15) is 0 Å². The van der Waals surface area contributed by atoms with Crippen molar-refractivity contribution in [2.75, 3.05) is 20.2 Å². The van der Waals surface area contributed by atoms with Crippen LogP contribution in [0.25, 0.3) is 0 Å². The summed E-state index contributed by atoms with van der Waals surface area (Å²) in [6, 6.07) is 16.1. The lowest BCUT2D eigenvalue weighted by molar-refractivity contribution is 0.192. The molecule has 1 aromatic heterocycles. The molecule has 30 heavy (non-hydrogen) atoms. The van der Waals surface area contributed by atoms with Crippen LogP contribution >= 0.6 is 11.8 Å². The number of methoxy groups -OCH3 is 1. The van der Waals surface area contributed by atoms with E-state index in [9.17, 15) is 5.11 Å². The number of aromatic hydroxyl groups is 1. The van der Waals surface area contributed by atoms with Crippen LogP contribution in [0.1, 0.15) is 35.7 Å². The maximum Gasteiger partial charge on any atom is 0.191 e. The van der Waals surface area contributed by atoms with E-state index in [4.69, 9.17) is 4.74 Å². The van der Waals surface area contributed by atoms with Crippen molar-refractivity contribution in [3.8, 4) is 11.5 Å². The normalized spacial score (nSPS) is 17.2. The molecule has 0 spiro atoms. The Bertz CT molecular complexity index is 977. The van der Waals surface area contributed by atoms with Crippen LogP contribution in [-0.2, 0) is 19.3 Å².